The van der Waals surface area contributed by atoms with Crippen molar-refractivity contribution < 1.29 is 12.7 Å². The van der Waals surface area contributed by atoms with Gasteiger partial charge in [-0.1, -0.05) is 75.4 Å². The van der Waals surface area contributed by atoms with Gasteiger partial charge in [0.2, 0.25) is 16.9 Å². The Labute approximate surface area is 353 Å². The van der Waals surface area contributed by atoms with Crippen molar-refractivity contribution in [3.8, 4) is 34.0 Å². The van der Waals surface area contributed by atoms with Gasteiger partial charge in [-0.3, -0.25) is 4.57 Å². The van der Waals surface area contributed by atoms with Gasteiger partial charge >= 0.3 is 7.66 Å². The molecule has 0 radical (unpaired) electrons. The first-order valence-electron chi connectivity index (χ1n) is 21.3. The first-order valence-corrected chi connectivity index (χ1v) is 22.5. The summed E-state index contributed by atoms with van der Waals surface area (Å²) in [5, 5.41) is 6.27. The van der Waals surface area contributed by atoms with E-state index in [4.69, 9.17) is 4.42 Å². The zero-order chi connectivity index (χ0) is 40.6. The fourth-order valence-corrected chi connectivity index (χ4v) is 13.2. The second kappa shape index (κ2) is 12.7. The van der Waals surface area contributed by atoms with Gasteiger partial charge < -0.3 is 8.98 Å². The minimum absolute atomic E-state index is 0.0979. The maximum atomic E-state index is 7.16. The number of aromatic nitrogens is 4. The number of furan rings is 1. The highest BCUT2D eigenvalue weighted by Crippen LogP contribution is 2.51. The lowest BCUT2D eigenvalue weighted by Gasteiger charge is -2.21. The fraction of sp³-hybridized carbons (Fsp3) is 0.0909. The molecular weight excluding hydrogens is 764 g/mol. The number of rotatable bonds is 4. The molecule has 0 fully saturated rings. The Bertz CT molecular complexity index is 3840. The van der Waals surface area contributed by atoms with E-state index in [2.05, 4.69) is 220 Å². The third-order valence-electron chi connectivity index (χ3n) is 13.4. The summed E-state index contributed by atoms with van der Waals surface area (Å²) in [4.78, 5) is 0. The molecule has 2 bridgehead atoms. The van der Waals surface area contributed by atoms with Crippen molar-refractivity contribution in [2.24, 2.45) is 0 Å². The van der Waals surface area contributed by atoms with E-state index in [9.17, 15) is 0 Å². The van der Waals surface area contributed by atoms with Gasteiger partial charge in [0, 0.05) is 57.8 Å². The number of aryl methyl sites for hydroxylation is 1. The molecule has 0 saturated heterocycles. The molecular formula is C55H41N4OP+2. The Kier molecular flexibility index (Phi) is 7.19. The zero-order valence-electron chi connectivity index (χ0n) is 34.2. The molecule has 61 heavy (non-hydrogen) atoms. The lowest BCUT2D eigenvalue weighted by Crippen LogP contribution is -2.26. The molecule has 13 rings (SSSR count). The van der Waals surface area contributed by atoms with E-state index in [1.165, 1.54) is 76.5 Å². The largest absolute Gasteiger partial charge is 0.450 e. The summed E-state index contributed by atoms with van der Waals surface area (Å²) in [5.74, 6) is 1.63. The van der Waals surface area contributed by atoms with E-state index in [1.807, 2.05) is 0 Å². The van der Waals surface area contributed by atoms with Crippen LogP contribution in [-0.2, 0) is 11.8 Å². The first kappa shape index (κ1) is 34.6. The fourth-order valence-electron chi connectivity index (χ4n) is 10.7. The van der Waals surface area contributed by atoms with Crippen LogP contribution in [0.3, 0.4) is 0 Å². The van der Waals surface area contributed by atoms with Gasteiger partial charge in [0.25, 0.3) is 0 Å². The zero-order valence-corrected chi connectivity index (χ0v) is 35.1. The topological polar surface area (TPSA) is 31.2 Å². The Morgan fingerprint density at radius 2 is 1.23 bits per heavy atom. The molecule has 6 aromatic heterocycles. The van der Waals surface area contributed by atoms with Crippen LogP contribution in [0.25, 0.3) is 93.8 Å². The van der Waals surface area contributed by atoms with Crippen LogP contribution >= 0.6 is 7.66 Å². The Morgan fingerprint density at radius 3 is 2.03 bits per heavy atom. The second-order valence-electron chi connectivity index (χ2n) is 16.9. The minimum atomic E-state index is -1.01. The molecule has 0 saturated carbocycles. The average Bonchev–Trinajstić information content (AvgIpc) is 4.06. The number of pyridine rings is 2. The van der Waals surface area contributed by atoms with E-state index in [-0.39, 0.29) is 5.41 Å². The van der Waals surface area contributed by atoms with Crippen molar-refractivity contribution in [2.75, 3.05) is 0 Å². The van der Waals surface area contributed by atoms with Crippen LogP contribution in [0.5, 0.6) is 0 Å². The summed E-state index contributed by atoms with van der Waals surface area (Å²) in [6, 6.07) is 62.5. The van der Waals surface area contributed by atoms with Crippen LogP contribution in [0.1, 0.15) is 37.5 Å². The third kappa shape index (κ3) is 4.73. The van der Waals surface area contributed by atoms with Crippen LogP contribution in [0.2, 0.25) is 0 Å². The highest BCUT2D eigenvalue weighted by molar-refractivity contribution is 7.38. The van der Waals surface area contributed by atoms with Gasteiger partial charge in [0.05, 0.1) is 32.8 Å². The average molecular weight is 805 g/mol. The summed E-state index contributed by atoms with van der Waals surface area (Å²) < 4.78 is 17.0. The van der Waals surface area contributed by atoms with E-state index in [1.54, 1.807) is 0 Å². The van der Waals surface area contributed by atoms with Crippen molar-refractivity contribution in [1.82, 2.24) is 9.13 Å². The lowest BCUT2D eigenvalue weighted by atomic mass is 9.82. The van der Waals surface area contributed by atoms with Crippen LogP contribution in [0.15, 0.2) is 187 Å². The molecule has 290 valence electrons. The maximum Gasteiger partial charge on any atom is 0.450 e. The standard InChI is InChI=1S/C55H41N4OP/c1-4-37-39-19-14-24-48(37)59(50-25-15-20-40-47-23-11-13-31-57(47)61(54(40)50)56-30-12-10-22-46(39)56)53-29-28-52(60-53)35-26-27-49-42(32-35)43-33-41-38-18-8-9-21-44(38)55(2,3)45(41)34-51(43)58(49)36-16-6-5-7-17-36/h5-34H,4H2,1-3H3/q+2. The van der Waals surface area contributed by atoms with E-state index < -0.39 is 7.66 Å². The van der Waals surface area contributed by atoms with Gasteiger partial charge in [0.1, 0.15) is 5.76 Å². The molecule has 6 heterocycles. The number of nitrogens with zero attached hydrogens (tertiary/aromatic N) is 4. The van der Waals surface area contributed by atoms with Crippen molar-refractivity contribution in [1.29, 1.82) is 0 Å². The molecule has 0 aliphatic heterocycles. The molecule has 0 spiro atoms. The molecule has 6 aromatic carbocycles. The van der Waals surface area contributed by atoms with E-state index in [0.717, 1.165) is 40.3 Å². The predicted octanol–water partition coefficient (Wildman–Crippen LogP) is 13.5. The highest BCUT2D eigenvalue weighted by Gasteiger charge is 2.36. The number of para-hydroxylation sites is 1. The third-order valence-corrected chi connectivity index (χ3v) is 15.8. The van der Waals surface area contributed by atoms with E-state index >= 15 is 0 Å². The highest BCUT2D eigenvalue weighted by atomic mass is 31.1. The molecule has 0 N–H and O–H groups in total. The molecule has 1 aliphatic rings. The number of hydrogen-bond donors (Lipinski definition) is 0. The molecule has 1 unspecified atom stereocenters. The van der Waals surface area contributed by atoms with Gasteiger partial charge in [-0.15, -0.1) is 8.33 Å². The number of fused-ring (bicyclic) bond motifs is 14. The maximum absolute atomic E-state index is 7.16. The predicted molar refractivity (Wildman–Crippen MR) is 251 cm³/mol. The summed E-state index contributed by atoms with van der Waals surface area (Å²) in [6.45, 7) is 6.99. The Balaban J connectivity index is 1.09. The van der Waals surface area contributed by atoms with Crippen LogP contribution in [0, 0.1) is 0 Å². The quantitative estimate of drug-likeness (QED) is 0.174. The number of benzene rings is 6. The van der Waals surface area contributed by atoms with Gasteiger partial charge in [0.15, 0.2) is 17.5 Å². The minimum Gasteiger partial charge on any atom is -0.440 e. The van der Waals surface area contributed by atoms with Crippen LogP contribution in [0.4, 0.5) is 0 Å². The lowest BCUT2D eigenvalue weighted by molar-refractivity contribution is -0.510. The molecule has 0 amide bonds. The SMILES string of the molecule is CCc1c2cccc1n(-c1ccc(-c3ccc4c(c3)c3cc5c(cc3n4-c3ccccc3)C(C)(C)c3ccccc3-5)o1)c1cccc3c4cccc[n+]4p(c31)[n+]1ccccc21. The van der Waals surface area contributed by atoms with Crippen molar-refractivity contribution in [3.63, 3.8) is 0 Å². The van der Waals surface area contributed by atoms with Gasteiger partial charge in [-0.05, 0) is 119 Å². The Morgan fingerprint density at radius 1 is 0.525 bits per heavy atom. The van der Waals surface area contributed by atoms with Crippen molar-refractivity contribution >= 4 is 67.4 Å². The summed E-state index contributed by atoms with van der Waals surface area (Å²) in [5.41, 5.74) is 15.9. The number of hydrogen-bond acceptors (Lipinski definition) is 1. The summed E-state index contributed by atoms with van der Waals surface area (Å²) in [7, 11) is -1.01. The smallest absolute Gasteiger partial charge is 0.440 e. The molecule has 1 aliphatic carbocycles. The van der Waals surface area contributed by atoms with Crippen molar-refractivity contribution in [2.45, 2.75) is 32.6 Å². The van der Waals surface area contributed by atoms with Crippen LogP contribution in [-0.4, -0.2) is 9.13 Å². The second-order valence-corrected chi connectivity index (χ2v) is 18.8. The summed E-state index contributed by atoms with van der Waals surface area (Å²) >= 11 is 0. The summed E-state index contributed by atoms with van der Waals surface area (Å²) in [6.07, 6.45) is 5.38. The Hall–Kier alpha value is -7.20. The molecule has 12 aromatic rings. The normalized spacial score (nSPS) is 13.7. The monoisotopic (exact) mass is 804 g/mol. The first-order chi connectivity index (χ1) is 30.0. The van der Waals surface area contributed by atoms with Crippen LogP contribution < -0.4 is 8.33 Å². The molecule has 5 nitrogen and oxygen atoms in total. The molecule has 6 heteroatoms. The van der Waals surface area contributed by atoms with Gasteiger partial charge in [-0.25, -0.2) is 0 Å². The van der Waals surface area contributed by atoms with Crippen molar-refractivity contribution in [3.05, 3.63) is 199 Å². The van der Waals surface area contributed by atoms with E-state index in [0.29, 0.717) is 0 Å². The molecule has 1 atom stereocenters. The van der Waals surface area contributed by atoms with Gasteiger partial charge in [-0.2, -0.15) is 0 Å².